The fourth-order valence-corrected chi connectivity index (χ4v) is 6.62. The smallest absolute Gasteiger partial charge is 0.198 e. The largest absolute Gasteiger partial charge is 0.496 e. The van der Waals surface area contributed by atoms with E-state index in [2.05, 4.69) is 43.5 Å². The van der Waals surface area contributed by atoms with Gasteiger partial charge in [-0.25, -0.2) is 0 Å². The Bertz CT molecular complexity index is 1250. The molecule has 0 radical (unpaired) electrons. The molecular formula is C28H34N2O4S2. The van der Waals surface area contributed by atoms with Gasteiger partial charge in [-0.2, -0.15) is 0 Å². The van der Waals surface area contributed by atoms with E-state index in [0.29, 0.717) is 13.2 Å². The quantitative estimate of drug-likeness (QED) is 0.225. The Labute approximate surface area is 220 Å². The first kappa shape index (κ1) is 26.6. The van der Waals surface area contributed by atoms with Crippen LogP contribution in [0.5, 0.6) is 11.5 Å². The first-order valence-corrected chi connectivity index (χ1v) is 13.6. The van der Waals surface area contributed by atoms with Crippen molar-refractivity contribution in [2.45, 2.75) is 39.1 Å². The maximum absolute atomic E-state index is 6.32. The molecule has 4 aromatic rings. The molecule has 2 aromatic heterocycles. The van der Waals surface area contributed by atoms with E-state index in [1.165, 1.54) is 0 Å². The molecule has 0 aliphatic rings. The van der Waals surface area contributed by atoms with E-state index in [-0.39, 0.29) is 0 Å². The third-order valence-electron chi connectivity index (χ3n) is 6.25. The summed E-state index contributed by atoms with van der Waals surface area (Å²) >= 11 is 3.23. The zero-order chi connectivity index (χ0) is 26.1. The molecule has 0 saturated carbocycles. The highest BCUT2D eigenvalue weighted by Crippen LogP contribution is 2.46. The summed E-state index contributed by atoms with van der Waals surface area (Å²) in [5, 5.41) is 6.12. The van der Waals surface area contributed by atoms with Crippen molar-refractivity contribution in [3.8, 4) is 32.4 Å². The highest BCUT2D eigenvalue weighted by atomic mass is 32.1. The second kappa shape index (κ2) is 10.5. The topological polar surface area (TPSA) is 89.0 Å². The van der Waals surface area contributed by atoms with Crippen LogP contribution in [-0.4, -0.2) is 27.4 Å². The second-order valence-corrected chi connectivity index (χ2v) is 10.8. The van der Waals surface area contributed by atoms with Gasteiger partial charge in [0.25, 0.3) is 0 Å². The molecule has 4 rings (SSSR count). The number of hydrogen-bond donors (Lipinski definition) is 2. The van der Waals surface area contributed by atoms with Gasteiger partial charge in [-0.05, 0) is 85.6 Å². The Balaban J connectivity index is 1.89. The van der Waals surface area contributed by atoms with Crippen molar-refractivity contribution in [2.75, 3.05) is 27.4 Å². The average molecular weight is 527 g/mol. The van der Waals surface area contributed by atoms with Gasteiger partial charge in [0.05, 0.1) is 19.8 Å². The summed E-state index contributed by atoms with van der Waals surface area (Å²) in [4.78, 5) is 2.04. The van der Waals surface area contributed by atoms with Crippen LogP contribution >= 0.6 is 22.7 Å². The summed E-state index contributed by atoms with van der Waals surface area (Å²) < 4.78 is 23.4. The highest BCUT2D eigenvalue weighted by molar-refractivity contribution is 7.14. The predicted molar refractivity (Wildman–Crippen MR) is 150 cm³/mol. The SMILES string of the molecule is CCOC(C)(C)c1ccsc1-c1cc2cc(OC)c(-c3sccc3C(N)(N)OCC)cc2cc1OC. The summed E-state index contributed by atoms with van der Waals surface area (Å²) in [6.45, 7) is 9.12. The Kier molecular flexibility index (Phi) is 7.75. The fraction of sp³-hybridized carbons (Fsp3) is 0.357. The van der Waals surface area contributed by atoms with E-state index < -0.39 is 11.4 Å². The van der Waals surface area contributed by atoms with Gasteiger partial charge in [0.15, 0.2) is 5.85 Å². The van der Waals surface area contributed by atoms with E-state index in [1.54, 1.807) is 36.9 Å². The highest BCUT2D eigenvalue weighted by Gasteiger charge is 2.29. The van der Waals surface area contributed by atoms with Crippen molar-refractivity contribution in [1.29, 1.82) is 0 Å². The minimum Gasteiger partial charge on any atom is -0.496 e. The molecule has 36 heavy (non-hydrogen) atoms. The van der Waals surface area contributed by atoms with Crippen LogP contribution in [0.25, 0.3) is 31.7 Å². The molecule has 2 heterocycles. The summed E-state index contributed by atoms with van der Waals surface area (Å²) in [5.41, 5.74) is 16.0. The van der Waals surface area contributed by atoms with Crippen LogP contribution in [0.1, 0.15) is 38.8 Å². The van der Waals surface area contributed by atoms with E-state index >= 15 is 0 Å². The lowest BCUT2D eigenvalue weighted by molar-refractivity contribution is -0.0341. The first-order chi connectivity index (χ1) is 17.2. The van der Waals surface area contributed by atoms with Crippen molar-refractivity contribution < 1.29 is 18.9 Å². The minimum atomic E-state index is -1.39. The van der Waals surface area contributed by atoms with Crippen LogP contribution in [0, 0.1) is 0 Å². The van der Waals surface area contributed by atoms with Gasteiger partial charge in [0.2, 0.25) is 0 Å². The Hall–Kier alpha value is -2.46. The summed E-state index contributed by atoms with van der Waals surface area (Å²) in [6.07, 6.45) is 0. The van der Waals surface area contributed by atoms with Crippen LogP contribution in [0.15, 0.2) is 47.2 Å². The third kappa shape index (κ3) is 4.89. The minimum absolute atomic E-state index is 0.405. The van der Waals surface area contributed by atoms with Gasteiger partial charge < -0.3 is 18.9 Å². The molecule has 0 bridgehead atoms. The molecular weight excluding hydrogens is 492 g/mol. The monoisotopic (exact) mass is 526 g/mol. The zero-order valence-electron chi connectivity index (χ0n) is 21.6. The Morgan fingerprint density at radius 1 is 0.722 bits per heavy atom. The first-order valence-electron chi connectivity index (χ1n) is 11.9. The molecule has 0 atom stereocenters. The molecule has 8 heteroatoms. The third-order valence-corrected chi connectivity index (χ3v) is 8.15. The van der Waals surface area contributed by atoms with Crippen LogP contribution in [0.2, 0.25) is 0 Å². The normalized spacial score (nSPS) is 12.3. The number of nitrogens with two attached hydrogens (primary N) is 2. The van der Waals surface area contributed by atoms with Gasteiger partial charge in [-0.3, -0.25) is 11.5 Å². The van der Waals surface area contributed by atoms with Crippen LogP contribution in [-0.2, 0) is 20.9 Å². The van der Waals surface area contributed by atoms with E-state index in [9.17, 15) is 0 Å². The molecule has 0 aliphatic carbocycles. The van der Waals surface area contributed by atoms with Crippen LogP contribution in [0.4, 0.5) is 0 Å². The molecule has 0 saturated heterocycles. The van der Waals surface area contributed by atoms with Crippen molar-refractivity contribution in [2.24, 2.45) is 11.5 Å². The molecule has 192 valence electrons. The molecule has 0 aliphatic heterocycles. The molecule has 0 amide bonds. The summed E-state index contributed by atoms with van der Waals surface area (Å²) in [5.74, 6) is 0.132. The average Bonchev–Trinajstić information content (AvgIpc) is 3.53. The number of hydrogen-bond acceptors (Lipinski definition) is 8. The zero-order valence-corrected chi connectivity index (χ0v) is 23.3. The maximum atomic E-state index is 6.32. The van der Waals surface area contributed by atoms with Crippen molar-refractivity contribution in [3.63, 3.8) is 0 Å². The maximum Gasteiger partial charge on any atom is 0.198 e. The Morgan fingerprint density at radius 3 is 1.67 bits per heavy atom. The van der Waals surface area contributed by atoms with Gasteiger partial charge in [-0.1, -0.05) is 0 Å². The lowest BCUT2D eigenvalue weighted by atomic mass is 9.93. The summed E-state index contributed by atoms with van der Waals surface area (Å²) in [7, 11) is 3.37. The molecule has 2 aromatic carbocycles. The van der Waals surface area contributed by atoms with Crippen molar-refractivity contribution in [1.82, 2.24) is 0 Å². The number of benzene rings is 2. The standard InChI is InChI=1S/C28H34N2O4S2/c1-7-33-27(3,4)21-9-11-35-25(21)19-13-17-16-24(32-6)20(14-18(17)15-23(19)31-5)26-22(10-12-36-26)28(29,30)34-8-2/h9-16H,7-8,29-30H2,1-6H3. The van der Waals surface area contributed by atoms with Gasteiger partial charge in [-0.15, -0.1) is 22.7 Å². The molecule has 0 fully saturated rings. The van der Waals surface area contributed by atoms with Crippen molar-refractivity contribution in [3.05, 3.63) is 58.3 Å². The summed E-state index contributed by atoms with van der Waals surface area (Å²) in [6, 6.07) is 12.4. The molecule has 0 spiro atoms. The van der Waals surface area contributed by atoms with E-state index in [4.69, 9.17) is 30.4 Å². The number of thiophene rings is 2. The molecule has 4 N–H and O–H groups in total. The molecule has 6 nitrogen and oxygen atoms in total. The van der Waals surface area contributed by atoms with Gasteiger partial charge in [0, 0.05) is 45.2 Å². The number of methoxy groups -OCH3 is 2. The van der Waals surface area contributed by atoms with E-state index in [0.717, 1.165) is 54.3 Å². The van der Waals surface area contributed by atoms with E-state index in [1.807, 2.05) is 31.4 Å². The Morgan fingerprint density at radius 2 is 1.19 bits per heavy atom. The van der Waals surface area contributed by atoms with Crippen LogP contribution < -0.4 is 20.9 Å². The lowest BCUT2D eigenvalue weighted by Gasteiger charge is -2.26. The number of fused-ring (bicyclic) bond motifs is 1. The van der Waals surface area contributed by atoms with Gasteiger partial charge >= 0.3 is 0 Å². The molecule has 0 unspecified atom stereocenters. The van der Waals surface area contributed by atoms with Gasteiger partial charge in [0.1, 0.15) is 11.5 Å². The van der Waals surface area contributed by atoms with Crippen LogP contribution in [0.3, 0.4) is 0 Å². The lowest BCUT2D eigenvalue weighted by Crippen LogP contribution is -2.48. The van der Waals surface area contributed by atoms with Crippen molar-refractivity contribution >= 4 is 33.4 Å². The number of ether oxygens (including phenoxy) is 4. The predicted octanol–water partition coefficient (Wildman–Crippen LogP) is 6.65. The number of rotatable bonds is 10. The fourth-order valence-electron chi connectivity index (χ4n) is 4.57. The second-order valence-electron chi connectivity index (χ2n) is 8.95.